The highest BCUT2D eigenvalue weighted by molar-refractivity contribution is 6.43. The molecule has 164 valence electrons. The minimum Gasteiger partial charge on any atom is -0.488 e. The van der Waals surface area contributed by atoms with Crippen LogP contribution in [0, 0.1) is 11.2 Å². The molecule has 0 spiro atoms. The molecule has 1 aromatic heterocycles. The van der Waals surface area contributed by atoms with Gasteiger partial charge in [0.1, 0.15) is 24.0 Å². The van der Waals surface area contributed by atoms with Crippen molar-refractivity contribution in [2.45, 2.75) is 20.5 Å². The van der Waals surface area contributed by atoms with Crippen molar-refractivity contribution in [3.05, 3.63) is 81.8 Å². The smallest absolute Gasteiger partial charge is 0.258 e. The van der Waals surface area contributed by atoms with Crippen LogP contribution in [0.5, 0.6) is 5.75 Å². The zero-order valence-corrected chi connectivity index (χ0v) is 18.3. The van der Waals surface area contributed by atoms with E-state index < -0.39 is 5.82 Å². The molecule has 2 aliphatic heterocycles. The second kappa shape index (κ2) is 8.92. The SMILES string of the molecule is CC1=N/C(=C2\CN(C(=O)c3ccc(F)cc3OCc3cccnc3)CC2=N)NC(C)=C1Cl. The molecule has 9 heteroatoms. The van der Waals surface area contributed by atoms with Gasteiger partial charge in [0.25, 0.3) is 5.91 Å². The first kappa shape index (κ1) is 21.7. The average Bonchev–Trinajstić information content (AvgIpc) is 3.17. The summed E-state index contributed by atoms with van der Waals surface area (Å²) in [5.74, 6) is -0.207. The predicted molar refractivity (Wildman–Crippen MR) is 120 cm³/mol. The summed E-state index contributed by atoms with van der Waals surface area (Å²) in [5, 5.41) is 12.0. The number of allylic oxidation sites excluding steroid dienone is 2. The van der Waals surface area contributed by atoms with Crippen LogP contribution in [-0.2, 0) is 6.61 Å². The second-order valence-electron chi connectivity index (χ2n) is 7.52. The third-order valence-corrected chi connectivity index (χ3v) is 5.72. The number of ether oxygens (including phenoxy) is 1. The summed E-state index contributed by atoms with van der Waals surface area (Å²) in [6, 6.07) is 7.42. The van der Waals surface area contributed by atoms with Crippen LogP contribution in [0.3, 0.4) is 0 Å². The lowest BCUT2D eigenvalue weighted by Crippen LogP contribution is -2.29. The quantitative estimate of drug-likeness (QED) is 0.731. The number of amides is 1. The lowest BCUT2D eigenvalue weighted by molar-refractivity contribution is 0.0799. The molecule has 0 saturated carbocycles. The fraction of sp³-hybridized carbons (Fsp3) is 0.217. The van der Waals surface area contributed by atoms with E-state index in [0.29, 0.717) is 22.1 Å². The highest BCUT2D eigenvalue weighted by Gasteiger charge is 2.32. The molecule has 3 heterocycles. The van der Waals surface area contributed by atoms with Crippen molar-refractivity contribution in [3.63, 3.8) is 0 Å². The highest BCUT2D eigenvalue weighted by Crippen LogP contribution is 2.27. The first-order valence-corrected chi connectivity index (χ1v) is 10.3. The second-order valence-corrected chi connectivity index (χ2v) is 7.90. The summed E-state index contributed by atoms with van der Waals surface area (Å²) in [6.07, 6.45) is 3.29. The van der Waals surface area contributed by atoms with Crippen molar-refractivity contribution >= 4 is 28.9 Å². The number of halogens is 2. The molecule has 7 nitrogen and oxygen atoms in total. The zero-order chi connectivity index (χ0) is 22.8. The molecule has 1 amide bonds. The molecule has 0 atom stereocenters. The van der Waals surface area contributed by atoms with Crippen LogP contribution < -0.4 is 10.1 Å². The summed E-state index contributed by atoms with van der Waals surface area (Å²) >= 11 is 6.19. The number of pyridine rings is 1. The molecule has 1 fully saturated rings. The Balaban J connectivity index is 1.57. The number of aliphatic imine (C=N–C) groups is 1. The van der Waals surface area contributed by atoms with E-state index >= 15 is 0 Å². The Labute approximate surface area is 189 Å². The van der Waals surface area contributed by atoms with E-state index in [4.69, 9.17) is 21.7 Å². The summed E-state index contributed by atoms with van der Waals surface area (Å²) in [4.78, 5) is 23.2. The van der Waals surface area contributed by atoms with E-state index in [0.717, 1.165) is 11.3 Å². The molecule has 0 unspecified atom stereocenters. The molecule has 0 radical (unpaired) electrons. The van der Waals surface area contributed by atoms with Gasteiger partial charge in [0, 0.05) is 35.3 Å². The summed E-state index contributed by atoms with van der Waals surface area (Å²) in [7, 11) is 0. The Bertz CT molecular complexity index is 1190. The number of carbonyl (C=O) groups is 1. The lowest BCUT2D eigenvalue weighted by Gasteiger charge is -2.19. The highest BCUT2D eigenvalue weighted by atomic mass is 35.5. The van der Waals surface area contributed by atoms with E-state index in [1.165, 1.54) is 23.1 Å². The van der Waals surface area contributed by atoms with Gasteiger partial charge in [-0.3, -0.25) is 9.78 Å². The maximum Gasteiger partial charge on any atom is 0.258 e. The van der Waals surface area contributed by atoms with Crippen molar-refractivity contribution in [1.29, 1.82) is 5.41 Å². The van der Waals surface area contributed by atoms with Crippen LogP contribution in [0.15, 0.2) is 69.8 Å². The maximum absolute atomic E-state index is 13.9. The normalized spacial score (nSPS) is 18.6. The Hall–Kier alpha value is -3.52. The van der Waals surface area contributed by atoms with Gasteiger partial charge in [-0.15, -0.1) is 0 Å². The number of likely N-dealkylation sites (tertiary alicyclic amines) is 1. The fourth-order valence-electron chi connectivity index (χ4n) is 3.49. The molecular formula is C23H21ClFN5O2. The van der Waals surface area contributed by atoms with Gasteiger partial charge in [-0.05, 0) is 32.0 Å². The molecule has 0 aliphatic carbocycles. The van der Waals surface area contributed by atoms with Gasteiger partial charge in [0.15, 0.2) is 0 Å². The number of nitrogens with zero attached hydrogens (tertiary/aromatic N) is 3. The van der Waals surface area contributed by atoms with Crippen molar-refractivity contribution in [1.82, 2.24) is 15.2 Å². The fourth-order valence-corrected chi connectivity index (χ4v) is 3.58. The number of aromatic nitrogens is 1. The van der Waals surface area contributed by atoms with Gasteiger partial charge in [-0.25, -0.2) is 9.38 Å². The molecule has 4 rings (SSSR count). The molecule has 2 N–H and O–H groups in total. The summed E-state index contributed by atoms with van der Waals surface area (Å²) in [5.41, 5.74) is 3.30. The zero-order valence-electron chi connectivity index (χ0n) is 17.6. The van der Waals surface area contributed by atoms with Gasteiger partial charge in [-0.1, -0.05) is 17.7 Å². The van der Waals surface area contributed by atoms with Crippen LogP contribution >= 0.6 is 11.6 Å². The van der Waals surface area contributed by atoms with Gasteiger partial charge in [0.2, 0.25) is 0 Å². The summed E-state index contributed by atoms with van der Waals surface area (Å²) in [6.45, 7) is 4.07. The third-order valence-electron chi connectivity index (χ3n) is 5.16. The first-order chi connectivity index (χ1) is 15.3. The predicted octanol–water partition coefficient (Wildman–Crippen LogP) is 4.02. The van der Waals surface area contributed by atoms with Crippen LogP contribution in [0.4, 0.5) is 4.39 Å². The molecule has 1 aromatic carbocycles. The molecule has 1 saturated heterocycles. The average molecular weight is 454 g/mol. The van der Waals surface area contributed by atoms with Gasteiger partial charge < -0.3 is 20.4 Å². The van der Waals surface area contributed by atoms with Crippen LogP contribution in [0.25, 0.3) is 0 Å². The van der Waals surface area contributed by atoms with Crippen LogP contribution in [0.1, 0.15) is 29.8 Å². The van der Waals surface area contributed by atoms with Crippen LogP contribution in [0.2, 0.25) is 0 Å². The van der Waals surface area contributed by atoms with Crippen molar-refractivity contribution in [2.24, 2.45) is 4.99 Å². The minimum atomic E-state index is -0.505. The number of carbonyl (C=O) groups excluding carboxylic acids is 1. The monoisotopic (exact) mass is 453 g/mol. The topological polar surface area (TPSA) is 90.7 Å². The van der Waals surface area contributed by atoms with E-state index in [1.54, 1.807) is 25.4 Å². The Morgan fingerprint density at radius 2 is 2.12 bits per heavy atom. The third kappa shape index (κ3) is 4.40. The largest absolute Gasteiger partial charge is 0.488 e. The summed E-state index contributed by atoms with van der Waals surface area (Å²) < 4.78 is 19.6. The maximum atomic E-state index is 13.9. The van der Waals surface area contributed by atoms with Gasteiger partial charge in [-0.2, -0.15) is 0 Å². The first-order valence-electron chi connectivity index (χ1n) is 9.94. The standard InChI is InChI=1S/C23H21ClFN5O2/c1-13-21(24)14(2)29-22(28-13)18-10-30(11-19(18)26)23(31)17-6-5-16(25)8-20(17)32-12-15-4-3-7-27-9-15/h3-9,26,28H,10-12H2,1-2H3/b22-18+,26-19?. The van der Waals surface area contributed by atoms with Gasteiger partial charge >= 0.3 is 0 Å². The number of hydrogen-bond acceptors (Lipinski definition) is 6. The molecule has 2 aromatic rings. The van der Waals surface area contributed by atoms with E-state index in [2.05, 4.69) is 15.3 Å². The molecule has 0 bridgehead atoms. The Morgan fingerprint density at radius 1 is 1.31 bits per heavy atom. The van der Waals surface area contributed by atoms with Crippen molar-refractivity contribution in [3.8, 4) is 5.75 Å². The van der Waals surface area contributed by atoms with Gasteiger partial charge in [0.05, 0.1) is 35.1 Å². The number of hydrogen-bond donors (Lipinski definition) is 2. The minimum absolute atomic E-state index is 0.115. The van der Waals surface area contributed by atoms with E-state index in [-0.39, 0.29) is 42.6 Å². The molecular weight excluding hydrogens is 433 g/mol. The number of benzene rings is 1. The van der Waals surface area contributed by atoms with Crippen molar-refractivity contribution < 1.29 is 13.9 Å². The Morgan fingerprint density at radius 3 is 2.84 bits per heavy atom. The van der Waals surface area contributed by atoms with Crippen LogP contribution in [-0.4, -0.2) is 40.3 Å². The lowest BCUT2D eigenvalue weighted by atomic mass is 10.1. The van der Waals surface area contributed by atoms with E-state index in [1.807, 2.05) is 13.0 Å². The molecule has 32 heavy (non-hydrogen) atoms. The Kier molecular flexibility index (Phi) is 6.05. The number of nitrogens with one attached hydrogen (secondary N) is 2. The molecule has 2 aliphatic rings. The van der Waals surface area contributed by atoms with E-state index in [9.17, 15) is 9.18 Å². The van der Waals surface area contributed by atoms with Crippen molar-refractivity contribution in [2.75, 3.05) is 13.1 Å². The number of rotatable bonds is 4.